The zero-order valence-electron chi connectivity index (χ0n) is 14.4. The number of carboxylic acid groups (broad SMARTS) is 1. The molecule has 1 aromatic rings. The molecule has 2 atom stereocenters. The molecule has 1 aromatic heterocycles. The monoisotopic (exact) mass is 330 g/mol. The first-order chi connectivity index (χ1) is 11.3. The Labute approximate surface area is 142 Å². The van der Waals surface area contributed by atoms with Crippen LogP contribution in [0, 0.1) is 16.7 Å². The zero-order chi connectivity index (χ0) is 17.4. The van der Waals surface area contributed by atoms with E-state index in [9.17, 15) is 4.79 Å². The van der Waals surface area contributed by atoms with Crippen molar-refractivity contribution in [3.05, 3.63) is 30.1 Å². The highest BCUT2D eigenvalue weighted by molar-refractivity contribution is 5.94. The van der Waals surface area contributed by atoms with E-state index in [2.05, 4.69) is 24.1 Å². The molecule has 4 fully saturated rings. The molecular weight excluding hydrogens is 304 g/mol. The summed E-state index contributed by atoms with van der Waals surface area (Å²) in [6.45, 7) is 4.61. The van der Waals surface area contributed by atoms with Crippen molar-refractivity contribution in [2.24, 2.45) is 16.7 Å². The van der Waals surface area contributed by atoms with Crippen molar-refractivity contribution < 1.29 is 14.7 Å². The molecule has 5 heteroatoms. The lowest BCUT2D eigenvalue weighted by Crippen LogP contribution is -2.65. The molecule has 0 aromatic carbocycles. The SMILES string of the molecule is CC12CC3CC(C)(C1)CC(NC(=O)c1cccnc1)(C3)C2.O=CO. The molecule has 0 saturated heterocycles. The summed E-state index contributed by atoms with van der Waals surface area (Å²) in [5.41, 5.74) is 1.56. The molecule has 24 heavy (non-hydrogen) atoms. The van der Waals surface area contributed by atoms with E-state index in [1.807, 2.05) is 12.1 Å². The highest BCUT2D eigenvalue weighted by Crippen LogP contribution is 2.66. The summed E-state index contributed by atoms with van der Waals surface area (Å²) in [5, 5.41) is 10.3. The summed E-state index contributed by atoms with van der Waals surface area (Å²) >= 11 is 0. The van der Waals surface area contributed by atoms with Gasteiger partial charge in [-0.25, -0.2) is 0 Å². The maximum atomic E-state index is 12.6. The van der Waals surface area contributed by atoms with Crippen molar-refractivity contribution in [3.63, 3.8) is 0 Å². The smallest absolute Gasteiger partial charge is 0.290 e. The Kier molecular flexibility index (Phi) is 4.14. The average Bonchev–Trinajstić information content (AvgIpc) is 2.44. The number of pyridine rings is 1. The molecule has 130 valence electrons. The van der Waals surface area contributed by atoms with Gasteiger partial charge in [0.2, 0.25) is 0 Å². The third-order valence-corrected chi connectivity index (χ3v) is 5.93. The number of nitrogens with one attached hydrogen (secondary N) is 1. The van der Waals surface area contributed by atoms with Crippen molar-refractivity contribution in [2.75, 3.05) is 0 Å². The number of hydrogen-bond donors (Lipinski definition) is 2. The molecule has 4 aliphatic carbocycles. The molecule has 1 amide bonds. The largest absolute Gasteiger partial charge is 0.483 e. The number of amides is 1. The third kappa shape index (κ3) is 3.17. The quantitative estimate of drug-likeness (QED) is 0.816. The van der Waals surface area contributed by atoms with Crippen molar-refractivity contribution in [2.45, 2.75) is 57.9 Å². The van der Waals surface area contributed by atoms with Crippen LogP contribution in [0.2, 0.25) is 0 Å². The second-order valence-corrected chi connectivity index (χ2v) is 8.71. The molecule has 4 saturated carbocycles. The van der Waals surface area contributed by atoms with E-state index in [1.54, 1.807) is 12.4 Å². The fourth-order valence-electron chi connectivity index (χ4n) is 6.40. The molecular formula is C19H26N2O3. The normalized spacial score (nSPS) is 38.8. The standard InChI is InChI=1S/C18H24N2O.CH2O2/c1-16-6-13-7-17(2,10-16)12-18(8-13,11-16)20-15(21)14-4-3-5-19-9-14;2-1-3/h3-5,9,13H,6-8,10-12H2,1-2H3,(H,20,21);1H,(H,2,3). The Morgan fingerprint density at radius 1 is 1.25 bits per heavy atom. The van der Waals surface area contributed by atoms with Gasteiger partial charge in [-0.1, -0.05) is 13.8 Å². The minimum absolute atomic E-state index is 0.0237. The maximum absolute atomic E-state index is 12.6. The number of carbonyl (C=O) groups excluding carboxylic acids is 1. The summed E-state index contributed by atoms with van der Waals surface area (Å²) in [6, 6.07) is 3.68. The van der Waals surface area contributed by atoms with Gasteiger partial charge in [-0.3, -0.25) is 14.6 Å². The molecule has 2 unspecified atom stereocenters. The summed E-state index contributed by atoms with van der Waals surface area (Å²) in [5.74, 6) is 0.850. The minimum Gasteiger partial charge on any atom is -0.483 e. The van der Waals surface area contributed by atoms with Gasteiger partial charge in [-0.2, -0.15) is 0 Å². The number of rotatable bonds is 2. The van der Waals surface area contributed by atoms with Gasteiger partial charge in [-0.15, -0.1) is 0 Å². The number of aromatic nitrogens is 1. The van der Waals surface area contributed by atoms with Gasteiger partial charge >= 0.3 is 0 Å². The highest BCUT2D eigenvalue weighted by atomic mass is 16.3. The summed E-state index contributed by atoms with van der Waals surface area (Å²) in [7, 11) is 0. The minimum atomic E-state index is -0.250. The van der Waals surface area contributed by atoms with Gasteiger partial charge in [0.1, 0.15) is 0 Å². The van der Waals surface area contributed by atoms with E-state index in [0.717, 1.165) is 18.8 Å². The van der Waals surface area contributed by atoms with E-state index in [0.29, 0.717) is 16.4 Å². The zero-order valence-corrected chi connectivity index (χ0v) is 14.4. The van der Waals surface area contributed by atoms with E-state index in [1.165, 1.54) is 25.7 Å². The lowest BCUT2D eigenvalue weighted by molar-refractivity contribution is -0.122. The fourth-order valence-corrected chi connectivity index (χ4v) is 6.40. The molecule has 0 aliphatic heterocycles. The highest BCUT2D eigenvalue weighted by Gasteiger charge is 2.60. The summed E-state index contributed by atoms with van der Waals surface area (Å²) in [6.07, 6.45) is 10.9. The first-order valence-corrected chi connectivity index (χ1v) is 8.62. The van der Waals surface area contributed by atoms with Crippen molar-refractivity contribution in [3.8, 4) is 0 Å². The average molecular weight is 330 g/mol. The Hall–Kier alpha value is -1.91. The van der Waals surface area contributed by atoms with E-state index >= 15 is 0 Å². The van der Waals surface area contributed by atoms with Crippen LogP contribution in [-0.2, 0) is 4.79 Å². The number of nitrogens with zero attached hydrogens (tertiary/aromatic N) is 1. The van der Waals surface area contributed by atoms with Gasteiger partial charge in [0.15, 0.2) is 0 Å². The predicted molar refractivity (Wildman–Crippen MR) is 90.5 cm³/mol. The fraction of sp³-hybridized carbons (Fsp3) is 0.632. The molecule has 0 spiro atoms. The van der Waals surface area contributed by atoms with Crippen LogP contribution in [0.25, 0.3) is 0 Å². The van der Waals surface area contributed by atoms with Crippen molar-refractivity contribution >= 4 is 12.4 Å². The molecule has 5 rings (SSSR count). The Morgan fingerprint density at radius 3 is 2.38 bits per heavy atom. The molecule has 2 N–H and O–H groups in total. The van der Waals surface area contributed by atoms with Gasteiger partial charge in [0.25, 0.3) is 12.4 Å². The lowest BCUT2D eigenvalue weighted by Gasteiger charge is -2.65. The van der Waals surface area contributed by atoms with Crippen LogP contribution in [0.15, 0.2) is 24.5 Å². The topological polar surface area (TPSA) is 79.3 Å². The van der Waals surface area contributed by atoms with Crippen LogP contribution in [0.5, 0.6) is 0 Å². The Morgan fingerprint density at radius 2 is 1.88 bits per heavy atom. The van der Waals surface area contributed by atoms with Gasteiger partial charge in [0, 0.05) is 17.9 Å². The maximum Gasteiger partial charge on any atom is 0.290 e. The second-order valence-electron chi connectivity index (χ2n) is 8.71. The molecule has 4 bridgehead atoms. The van der Waals surface area contributed by atoms with Gasteiger partial charge in [-0.05, 0) is 67.4 Å². The van der Waals surface area contributed by atoms with E-state index in [4.69, 9.17) is 9.90 Å². The van der Waals surface area contributed by atoms with Crippen molar-refractivity contribution in [1.82, 2.24) is 10.3 Å². The number of carbonyl (C=O) groups is 2. The van der Waals surface area contributed by atoms with Crippen LogP contribution < -0.4 is 5.32 Å². The summed E-state index contributed by atoms with van der Waals surface area (Å²) in [4.78, 5) is 25.0. The summed E-state index contributed by atoms with van der Waals surface area (Å²) < 4.78 is 0. The van der Waals surface area contributed by atoms with Crippen LogP contribution in [0.1, 0.15) is 62.7 Å². The van der Waals surface area contributed by atoms with Crippen molar-refractivity contribution in [1.29, 1.82) is 0 Å². The predicted octanol–water partition coefficient (Wildman–Crippen LogP) is 3.26. The van der Waals surface area contributed by atoms with Gasteiger partial charge in [0.05, 0.1) is 5.56 Å². The van der Waals surface area contributed by atoms with Crippen LogP contribution >= 0.6 is 0 Å². The lowest BCUT2D eigenvalue weighted by atomic mass is 9.43. The van der Waals surface area contributed by atoms with E-state index < -0.39 is 0 Å². The second kappa shape index (κ2) is 5.87. The third-order valence-electron chi connectivity index (χ3n) is 5.93. The van der Waals surface area contributed by atoms with Crippen LogP contribution in [0.3, 0.4) is 0 Å². The molecule has 0 radical (unpaired) electrons. The Balaban J connectivity index is 0.000000526. The first kappa shape index (κ1) is 16.9. The first-order valence-electron chi connectivity index (χ1n) is 8.62. The molecule has 4 aliphatic rings. The van der Waals surface area contributed by atoms with Crippen LogP contribution in [-0.4, -0.2) is 28.0 Å². The molecule has 5 nitrogen and oxygen atoms in total. The number of hydrogen-bond acceptors (Lipinski definition) is 3. The Bertz CT molecular complexity index is 613. The van der Waals surface area contributed by atoms with Gasteiger partial charge < -0.3 is 10.4 Å². The molecule has 1 heterocycles. The van der Waals surface area contributed by atoms with E-state index in [-0.39, 0.29) is 17.9 Å². The van der Waals surface area contributed by atoms with Crippen LogP contribution in [0.4, 0.5) is 0 Å².